The second-order valence-corrected chi connectivity index (χ2v) is 5.48. The predicted molar refractivity (Wildman–Crippen MR) is 73.4 cm³/mol. The molecule has 1 aliphatic carbocycles. The molecule has 0 saturated heterocycles. The van der Waals surface area contributed by atoms with Crippen LogP contribution in [-0.2, 0) is 4.79 Å². The van der Waals surface area contributed by atoms with Crippen LogP contribution in [0.3, 0.4) is 0 Å². The first-order chi connectivity index (χ1) is 8.67. The minimum absolute atomic E-state index is 0.134. The molecule has 1 fully saturated rings. The van der Waals surface area contributed by atoms with E-state index in [-0.39, 0.29) is 5.91 Å². The highest BCUT2D eigenvalue weighted by atomic mass is 16.3. The van der Waals surface area contributed by atoms with Gasteiger partial charge in [-0.2, -0.15) is 0 Å². The molecule has 0 heterocycles. The van der Waals surface area contributed by atoms with Crippen LogP contribution in [0.25, 0.3) is 0 Å². The first kappa shape index (κ1) is 15.4. The van der Waals surface area contributed by atoms with E-state index in [0.717, 1.165) is 45.1 Å². The fraction of sp³-hybridized carbons (Fsp3) is 0.929. The smallest absolute Gasteiger partial charge is 0.234 e. The summed E-state index contributed by atoms with van der Waals surface area (Å²) in [6.45, 7) is 3.73. The Kier molecular flexibility index (Phi) is 7.28. The third-order valence-corrected chi connectivity index (χ3v) is 3.94. The third-order valence-electron chi connectivity index (χ3n) is 3.94. The number of aliphatic hydroxyl groups is 1. The van der Waals surface area contributed by atoms with Crippen LogP contribution in [0.1, 0.15) is 45.4 Å². The molecular formula is C14H28N2O2. The Morgan fingerprint density at radius 1 is 1.33 bits per heavy atom. The zero-order chi connectivity index (χ0) is 13.4. The van der Waals surface area contributed by atoms with Crippen LogP contribution in [0, 0.1) is 5.92 Å². The molecule has 0 radical (unpaired) electrons. The summed E-state index contributed by atoms with van der Waals surface area (Å²) in [5.74, 6) is 0.614. The number of aliphatic hydroxyl groups excluding tert-OH is 1. The average molecular weight is 256 g/mol. The van der Waals surface area contributed by atoms with Gasteiger partial charge < -0.3 is 10.4 Å². The molecule has 18 heavy (non-hydrogen) atoms. The number of nitrogens with zero attached hydrogens (tertiary/aromatic N) is 1. The van der Waals surface area contributed by atoms with Crippen LogP contribution in [0.4, 0.5) is 0 Å². The van der Waals surface area contributed by atoms with Crippen molar-refractivity contribution in [3.63, 3.8) is 0 Å². The highest BCUT2D eigenvalue weighted by molar-refractivity contribution is 5.77. The number of unbranched alkanes of at least 4 members (excludes halogenated alkanes) is 1. The van der Waals surface area contributed by atoms with Gasteiger partial charge in [-0.3, -0.25) is 9.69 Å². The van der Waals surface area contributed by atoms with Gasteiger partial charge >= 0.3 is 0 Å². The van der Waals surface area contributed by atoms with Crippen LogP contribution in [-0.4, -0.2) is 48.7 Å². The molecule has 0 unspecified atom stereocenters. The molecule has 1 rings (SSSR count). The summed E-state index contributed by atoms with van der Waals surface area (Å²) in [6, 6.07) is 0.504. The second kappa shape index (κ2) is 8.48. The van der Waals surface area contributed by atoms with Gasteiger partial charge in [0.05, 0.1) is 6.54 Å². The first-order valence-corrected chi connectivity index (χ1v) is 7.25. The van der Waals surface area contributed by atoms with Crippen molar-refractivity contribution >= 4 is 5.91 Å². The maximum absolute atomic E-state index is 11.7. The van der Waals surface area contributed by atoms with Gasteiger partial charge in [0.1, 0.15) is 0 Å². The van der Waals surface area contributed by atoms with Crippen molar-refractivity contribution < 1.29 is 9.90 Å². The number of carbonyl (C=O) groups is 1. The molecule has 0 aromatic rings. The van der Waals surface area contributed by atoms with E-state index in [9.17, 15) is 4.79 Å². The van der Waals surface area contributed by atoms with Crippen LogP contribution in [0.15, 0.2) is 0 Å². The highest BCUT2D eigenvalue weighted by Gasteiger charge is 2.24. The van der Waals surface area contributed by atoms with Gasteiger partial charge in [-0.05, 0) is 45.1 Å². The van der Waals surface area contributed by atoms with Crippen LogP contribution >= 0.6 is 0 Å². The van der Waals surface area contributed by atoms with E-state index in [1.54, 1.807) is 0 Å². The molecule has 4 heteroatoms. The fourth-order valence-electron chi connectivity index (χ4n) is 2.58. The maximum atomic E-state index is 11.7. The summed E-state index contributed by atoms with van der Waals surface area (Å²) in [5, 5.41) is 12.1. The summed E-state index contributed by atoms with van der Waals surface area (Å²) in [5.41, 5.74) is 0. The van der Waals surface area contributed by atoms with Gasteiger partial charge in [0.15, 0.2) is 0 Å². The number of carbonyl (C=O) groups excluding carboxylic acids is 1. The molecule has 0 atom stereocenters. The Labute approximate surface area is 111 Å². The monoisotopic (exact) mass is 256 g/mol. The number of nitrogens with one attached hydrogen (secondary N) is 1. The zero-order valence-electron chi connectivity index (χ0n) is 11.8. The zero-order valence-corrected chi connectivity index (χ0v) is 11.8. The molecule has 106 valence electrons. The number of hydrogen-bond acceptors (Lipinski definition) is 3. The first-order valence-electron chi connectivity index (χ1n) is 7.25. The minimum atomic E-state index is 0.134. The Balaban J connectivity index is 2.20. The van der Waals surface area contributed by atoms with Crippen molar-refractivity contribution in [2.45, 2.75) is 51.5 Å². The fourth-order valence-corrected chi connectivity index (χ4v) is 2.58. The SMILES string of the molecule is CCCCNC(=O)CN(C)C1CCC(CO)CC1. The lowest BCUT2D eigenvalue weighted by Crippen LogP contribution is -2.42. The molecule has 4 nitrogen and oxygen atoms in total. The van der Waals surface area contributed by atoms with Crippen molar-refractivity contribution in [1.29, 1.82) is 0 Å². The second-order valence-electron chi connectivity index (χ2n) is 5.48. The van der Waals surface area contributed by atoms with Gasteiger partial charge in [-0.1, -0.05) is 13.3 Å². The normalized spacial score (nSPS) is 24.2. The Morgan fingerprint density at radius 2 is 2.00 bits per heavy atom. The topological polar surface area (TPSA) is 52.6 Å². The Hall–Kier alpha value is -0.610. The van der Waals surface area contributed by atoms with Crippen LogP contribution in [0.5, 0.6) is 0 Å². The molecule has 1 aliphatic rings. The highest BCUT2D eigenvalue weighted by Crippen LogP contribution is 2.26. The summed E-state index contributed by atoms with van der Waals surface area (Å²) in [4.78, 5) is 13.9. The van der Waals surface area contributed by atoms with Crippen molar-refractivity contribution in [3.8, 4) is 0 Å². The van der Waals surface area contributed by atoms with Crippen LogP contribution in [0.2, 0.25) is 0 Å². The summed E-state index contributed by atoms with van der Waals surface area (Å²) < 4.78 is 0. The lowest BCUT2D eigenvalue weighted by molar-refractivity contribution is -0.122. The molecule has 0 spiro atoms. The van der Waals surface area contributed by atoms with Gasteiger partial charge in [-0.15, -0.1) is 0 Å². The summed E-state index contributed by atoms with van der Waals surface area (Å²) >= 11 is 0. The standard InChI is InChI=1S/C14H28N2O2/c1-3-4-9-15-14(18)10-16(2)13-7-5-12(11-17)6-8-13/h12-13,17H,3-11H2,1-2H3,(H,15,18). The predicted octanol–water partition coefficient (Wildman–Crippen LogP) is 1.39. The quantitative estimate of drug-likeness (QED) is 0.677. The van der Waals surface area contributed by atoms with E-state index in [1.807, 2.05) is 7.05 Å². The summed E-state index contributed by atoms with van der Waals surface area (Å²) in [7, 11) is 2.03. The number of rotatable bonds is 7. The number of likely N-dealkylation sites (N-methyl/N-ethyl adjacent to an activating group) is 1. The van der Waals surface area contributed by atoms with Crippen LogP contribution < -0.4 is 5.32 Å². The van der Waals surface area contributed by atoms with Crippen molar-refractivity contribution in [2.75, 3.05) is 26.7 Å². The van der Waals surface area contributed by atoms with Crippen molar-refractivity contribution in [2.24, 2.45) is 5.92 Å². The van der Waals surface area contributed by atoms with E-state index in [4.69, 9.17) is 5.11 Å². The van der Waals surface area contributed by atoms with E-state index < -0.39 is 0 Å². The van der Waals surface area contributed by atoms with Gasteiger partial charge in [0.25, 0.3) is 0 Å². The van der Waals surface area contributed by atoms with Crippen molar-refractivity contribution in [1.82, 2.24) is 10.2 Å². The molecular weight excluding hydrogens is 228 g/mol. The minimum Gasteiger partial charge on any atom is -0.396 e. The lowest BCUT2D eigenvalue weighted by Gasteiger charge is -2.33. The van der Waals surface area contributed by atoms with Gasteiger partial charge in [-0.25, -0.2) is 0 Å². The molecule has 0 aromatic carbocycles. The molecule has 0 bridgehead atoms. The largest absolute Gasteiger partial charge is 0.396 e. The molecule has 0 aliphatic heterocycles. The average Bonchev–Trinajstić information content (AvgIpc) is 2.39. The number of amides is 1. The van der Waals surface area contributed by atoms with Gasteiger partial charge in [0.2, 0.25) is 5.91 Å². The molecule has 1 amide bonds. The van der Waals surface area contributed by atoms with Gasteiger partial charge in [0, 0.05) is 19.2 Å². The maximum Gasteiger partial charge on any atom is 0.234 e. The third kappa shape index (κ3) is 5.36. The number of hydrogen-bond donors (Lipinski definition) is 2. The lowest BCUT2D eigenvalue weighted by atomic mass is 9.86. The van der Waals surface area contributed by atoms with E-state index in [1.165, 1.54) is 0 Å². The van der Waals surface area contributed by atoms with E-state index >= 15 is 0 Å². The van der Waals surface area contributed by atoms with E-state index in [0.29, 0.717) is 25.1 Å². The van der Waals surface area contributed by atoms with E-state index in [2.05, 4.69) is 17.1 Å². The molecule has 2 N–H and O–H groups in total. The summed E-state index contributed by atoms with van der Waals surface area (Å²) in [6.07, 6.45) is 6.54. The molecule has 1 saturated carbocycles. The Bertz CT molecular complexity index is 238. The van der Waals surface area contributed by atoms with Crippen molar-refractivity contribution in [3.05, 3.63) is 0 Å². The Morgan fingerprint density at radius 3 is 2.56 bits per heavy atom. The molecule has 0 aromatic heterocycles.